The van der Waals surface area contributed by atoms with E-state index < -0.39 is 11.7 Å². The summed E-state index contributed by atoms with van der Waals surface area (Å²) in [6.45, 7) is 3.24. The zero-order chi connectivity index (χ0) is 26.6. The van der Waals surface area contributed by atoms with E-state index in [4.69, 9.17) is 0 Å². The van der Waals surface area contributed by atoms with Gasteiger partial charge in [-0.2, -0.15) is 18.3 Å². The average Bonchev–Trinajstić information content (AvgIpc) is 3.21. The van der Waals surface area contributed by atoms with Crippen LogP contribution in [0.15, 0.2) is 54.6 Å². The van der Waals surface area contributed by atoms with Gasteiger partial charge in [-0.25, -0.2) is 0 Å². The lowest BCUT2D eigenvalue weighted by Gasteiger charge is -2.32. The van der Waals surface area contributed by atoms with Crippen LogP contribution in [0.25, 0.3) is 0 Å². The molecule has 0 aliphatic carbocycles. The number of hydrogen-bond acceptors (Lipinski definition) is 3. The largest absolute Gasteiger partial charge is 0.416 e. The molecule has 0 spiro atoms. The van der Waals surface area contributed by atoms with Gasteiger partial charge in [0.15, 0.2) is 0 Å². The SMILES string of the molecule is Cc1cc(C(=O)N2CCC(c3ccc(NC(=O)CCCc4ccc(C(F)(F)F)cc4)cc3)CC2)n(C)n1. The van der Waals surface area contributed by atoms with Crippen LogP contribution >= 0.6 is 0 Å². The minimum Gasteiger partial charge on any atom is -0.337 e. The first kappa shape index (κ1) is 26.4. The maximum Gasteiger partial charge on any atom is 0.416 e. The quantitative estimate of drug-likeness (QED) is 0.440. The fourth-order valence-corrected chi connectivity index (χ4v) is 4.76. The van der Waals surface area contributed by atoms with E-state index in [0.717, 1.165) is 36.2 Å². The minimum absolute atomic E-state index is 0.0120. The van der Waals surface area contributed by atoms with Gasteiger partial charge in [0.25, 0.3) is 5.91 Å². The van der Waals surface area contributed by atoms with E-state index in [-0.39, 0.29) is 18.2 Å². The van der Waals surface area contributed by atoms with Crippen LogP contribution in [0.3, 0.4) is 0 Å². The third-order valence-corrected chi connectivity index (χ3v) is 6.82. The topological polar surface area (TPSA) is 67.2 Å². The van der Waals surface area contributed by atoms with E-state index in [1.807, 2.05) is 42.2 Å². The molecule has 2 aromatic carbocycles. The Kier molecular flexibility index (Phi) is 8.00. The smallest absolute Gasteiger partial charge is 0.337 e. The third kappa shape index (κ3) is 6.78. The number of alkyl halides is 3. The number of rotatable bonds is 7. The summed E-state index contributed by atoms with van der Waals surface area (Å²) in [5.41, 5.74) is 3.43. The number of likely N-dealkylation sites (tertiary alicyclic amines) is 1. The lowest BCUT2D eigenvalue weighted by molar-refractivity contribution is -0.137. The molecule has 37 heavy (non-hydrogen) atoms. The second-order valence-corrected chi connectivity index (χ2v) is 9.58. The Bertz CT molecular complexity index is 1230. The monoisotopic (exact) mass is 512 g/mol. The van der Waals surface area contributed by atoms with Crippen molar-refractivity contribution in [3.05, 3.63) is 82.7 Å². The number of halogens is 3. The first-order valence-corrected chi connectivity index (χ1v) is 12.5. The summed E-state index contributed by atoms with van der Waals surface area (Å²) in [7, 11) is 1.78. The van der Waals surface area contributed by atoms with Crippen LogP contribution in [0.5, 0.6) is 0 Å². The van der Waals surface area contributed by atoms with E-state index in [1.54, 1.807) is 11.7 Å². The molecule has 0 saturated carbocycles. The van der Waals surface area contributed by atoms with Crippen molar-refractivity contribution in [2.45, 2.75) is 51.1 Å². The summed E-state index contributed by atoms with van der Waals surface area (Å²) in [6, 6.07) is 14.7. The molecule has 1 aliphatic rings. The van der Waals surface area contributed by atoms with Crippen LogP contribution in [-0.2, 0) is 24.4 Å². The van der Waals surface area contributed by atoms with Crippen molar-refractivity contribution >= 4 is 17.5 Å². The maximum absolute atomic E-state index is 12.8. The molecule has 0 radical (unpaired) electrons. The predicted molar refractivity (Wildman–Crippen MR) is 135 cm³/mol. The van der Waals surface area contributed by atoms with Crippen molar-refractivity contribution in [3.63, 3.8) is 0 Å². The number of nitrogens with zero attached hydrogens (tertiary/aromatic N) is 3. The maximum atomic E-state index is 12.8. The fraction of sp³-hybridized carbons (Fsp3) is 0.393. The minimum atomic E-state index is -4.34. The van der Waals surface area contributed by atoms with Gasteiger partial charge in [0.1, 0.15) is 5.69 Å². The highest BCUT2D eigenvalue weighted by Gasteiger charge is 2.30. The number of aryl methyl sites for hydroxylation is 3. The highest BCUT2D eigenvalue weighted by molar-refractivity contribution is 5.93. The molecule has 9 heteroatoms. The Morgan fingerprint density at radius 1 is 1.03 bits per heavy atom. The number of aromatic nitrogens is 2. The van der Waals surface area contributed by atoms with Gasteiger partial charge in [-0.1, -0.05) is 24.3 Å². The van der Waals surface area contributed by atoms with Gasteiger partial charge in [0.05, 0.1) is 11.3 Å². The number of carbonyl (C=O) groups excluding carboxylic acids is 2. The highest BCUT2D eigenvalue weighted by Crippen LogP contribution is 2.30. The highest BCUT2D eigenvalue weighted by atomic mass is 19.4. The molecule has 1 aliphatic heterocycles. The van der Waals surface area contributed by atoms with E-state index in [0.29, 0.717) is 43.2 Å². The molecular weight excluding hydrogens is 481 g/mol. The van der Waals surface area contributed by atoms with Crippen LogP contribution in [0.4, 0.5) is 18.9 Å². The Labute approximate surface area is 214 Å². The normalized spacial score (nSPS) is 14.6. The number of nitrogens with one attached hydrogen (secondary N) is 1. The summed E-state index contributed by atoms with van der Waals surface area (Å²) in [4.78, 5) is 27.0. The molecule has 1 saturated heterocycles. The standard InChI is InChI=1S/C28H31F3N4O2/c1-19-18-25(34(2)33-19)27(37)35-16-14-22(15-17-35)21-8-12-24(13-9-21)32-26(36)5-3-4-20-6-10-23(11-7-20)28(29,30)31/h6-13,18,22H,3-5,14-17H2,1-2H3,(H,32,36). The van der Waals surface area contributed by atoms with Gasteiger partial charge in [0, 0.05) is 32.2 Å². The molecule has 1 aromatic heterocycles. The molecular formula is C28H31F3N4O2. The number of carbonyl (C=O) groups is 2. The van der Waals surface area contributed by atoms with Crippen molar-refractivity contribution in [2.75, 3.05) is 18.4 Å². The molecule has 0 bridgehead atoms. The summed E-state index contributed by atoms with van der Waals surface area (Å²) < 4.78 is 39.6. The molecule has 0 unspecified atom stereocenters. The Hall–Kier alpha value is -3.62. The van der Waals surface area contributed by atoms with Gasteiger partial charge in [0.2, 0.25) is 5.91 Å². The molecule has 1 N–H and O–H groups in total. The molecule has 3 aromatic rings. The molecule has 196 valence electrons. The number of amides is 2. The lowest BCUT2D eigenvalue weighted by atomic mass is 9.89. The van der Waals surface area contributed by atoms with Gasteiger partial charge < -0.3 is 10.2 Å². The molecule has 2 amide bonds. The average molecular weight is 513 g/mol. The zero-order valence-electron chi connectivity index (χ0n) is 21.0. The zero-order valence-corrected chi connectivity index (χ0v) is 21.0. The van der Waals surface area contributed by atoms with Crippen molar-refractivity contribution in [2.24, 2.45) is 7.05 Å². The van der Waals surface area contributed by atoms with Crippen LogP contribution < -0.4 is 5.32 Å². The van der Waals surface area contributed by atoms with Crippen LogP contribution in [0.2, 0.25) is 0 Å². The third-order valence-electron chi connectivity index (χ3n) is 6.82. The molecule has 1 fully saturated rings. The first-order chi connectivity index (χ1) is 17.6. The molecule has 0 atom stereocenters. The second-order valence-electron chi connectivity index (χ2n) is 9.58. The van der Waals surface area contributed by atoms with Crippen LogP contribution in [0, 0.1) is 6.92 Å². The van der Waals surface area contributed by atoms with Crippen molar-refractivity contribution < 1.29 is 22.8 Å². The lowest BCUT2D eigenvalue weighted by Crippen LogP contribution is -2.38. The first-order valence-electron chi connectivity index (χ1n) is 12.5. The Morgan fingerprint density at radius 3 is 2.24 bits per heavy atom. The molecule has 4 rings (SSSR count). The number of benzene rings is 2. The van der Waals surface area contributed by atoms with Gasteiger partial charge in [-0.15, -0.1) is 0 Å². The van der Waals surface area contributed by atoms with Crippen LogP contribution in [0.1, 0.15) is 64.5 Å². The fourth-order valence-electron chi connectivity index (χ4n) is 4.76. The summed E-state index contributed by atoms with van der Waals surface area (Å²) in [5, 5.41) is 7.15. The summed E-state index contributed by atoms with van der Waals surface area (Å²) >= 11 is 0. The number of anilines is 1. The molecule has 6 nitrogen and oxygen atoms in total. The molecule has 2 heterocycles. The van der Waals surface area contributed by atoms with Crippen LogP contribution in [-0.4, -0.2) is 39.6 Å². The van der Waals surface area contributed by atoms with Crippen molar-refractivity contribution in [1.82, 2.24) is 14.7 Å². The second kappa shape index (κ2) is 11.2. The van der Waals surface area contributed by atoms with Gasteiger partial charge in [-0.05, 0) is 80.0 Å². The number of piperidine rings is 1. The van der Waals surface area contributed by atoms with Crippen molar-refractivity contribution in [1.29, 1.82) is 0 Å². The predicted octanol–water partition coefficient (Wildman–Crippen LogP) is 5.73. The number of hydrogen-bond donors (Lipinski definition) is 1. The Morgan fingerprint density at radius 2 is 1.68 bits per heavy atom. The van der Waals surface area contributed by atoms with E-state index in [9.17, 15) is 22.8 Å². The van der Waals surface area contributed by atoms with E-state index in [2.05, 4.69) is 10.4 Å². The summed E-state index contributed by atoms with van der Waals surface area (Å²) in [6.07, 6.45) is -1.23. The van der Waals surface area contributed by atoms with Gasteiger partial charge >= 0.3 is 6.18 Å². The Balaban J connectivity index is 1.21. The van der Waals surface area contributed by atoms with E-state index in [1.165, 1.54) is 17.7 Å². The van der Waals surface area contributed by atoms with Gasteiger partial charge in [-0.3, -0.25) is 14.3 Å². The summed E-state index contributed by atoms with van der Waals surface area (Å²) in [5.74, 6) is 0.237. The van der Waals surface area contributed by atoms with Crippen molar-refractivity contribution in [3.8, 4) is 0 Å². The van der Waals surface area contributed by atoms with E-state index >= 15 is 0 Å².